The third-order valence-corrected chi connectivity index (χ3v) is 3.05. The molecule has 2 aromatic rings. The van der Waals surface area contributed by atoms with Gasteiger partial charge >= 0.3 is 0 Å². The van der Waals surface area contributed by atoms with Crippen molar-refractivity contribution in [2.45, 2.75) is 6.92 Å². The second kappa shape index (κ2) is 4.70. The van der Waals surface area contributed by atoms with Gasteiger partial charge in [-0.1, -0.05) is 0 Å². The van der Waals surface area contributed by atoms with Crippen LogP contribution >= 0.6 is 22.6 Å². The van der Waals surface area contributed by atoms with Crippen LogP contribution in [0, 0.1) is 3.57 Å². The number of halogens is 1. The predicted molar refractivity (Wildman–Crippen MR) is 70.1 cm³/mol. The highest BCUT2D eigenvalue weighted by Crippen LogP contribution is 2.25. The van der Waals surface area contributed by atoms with Crippen molar-refractivity contribution in [2.24, 2.45) is 0 Å². The van der Waals surface area contributed by atoms with Crippen LogP contribution in [0.15, 0.2) is 36.5 Å². The van der Waals surface area contributed by atoms with Crippen molar-refractivity contribution in [3.05, 3.63) is 40.1 Å². The third kappa shape index (κ3) is 2.34. The molecule has 1 heterocycles. The molecular formula is C12H12INO. The van der Waals surface area contributed by atoms with Crippen LogP contribution in [0.2, 0.25) is 0 Å². The van der Waals surface area contributed by atoms with Gasteiger partial charge in [0.05, 0.1) is 12.3 Å². The summed E-state index contributed by atoms with van der Waals surface area (Å²) in [4.78, 5) is 3.22. The molecule has 2 rings (SSSR count). The summed E-state index contributed by atoms with van der Waals surface area (Å²) in [5.74, 6) is 0.919. The van der Waals surface area contributed by atoms with Crippen LogP contribution < -0.4 is 4.74 Å². The summed E-state index contributed by atoms with van der Waals surface area (Å²) < 4.78 is 6.63. The Labute approximate surface area is 103 Å². The van der Waals surface area contributed by atoms with Gasteiger partial charge in [0.1, 0.15) is 5.75 Å². The van der Waals surface area contributed by atoms with Gasteiger partial charge in [0.25, 0.3) is 0 Å². The second-order valence-electron chi connectivity index (χ2n) is 3.16. The van der Waals surface area contributed by atoms with Gasteiger partial charge in [0.15, 0.2) is 0 Å². The fraction of sp³-hybridized carbons (Fsp3) is 0.167. The molecule has 0 unspecified atom stereocenters. The molecule has 2 nitrogen and oxygen atoms in total. The molecule has 1 aromatic carbocycles. The largest absolute Gasteiger partial charge is 0.494 e. The molecule has 0 aliphatic heterocycles. The Balaban J connectivity index is 2.28. The molecule has 0 spiro atoms. The van der Waals surface area contributed by atoms with Crippen molar-refractivity contribution < 1.29 is 4.74 Å². The Hall–Kier alpha value is -0.970. The standard InChI is InChI=1S/C12H12INO/c1-2-15-10-5-3-9(4-6-10)12-11(13)7-8-14-12/h3-8,14H,2H2,1H3. The maximum Gasteiger partial charge on any atom is 0.119 e. The molecule has 0 fully saturated rings. The Morgan fingerprint density at radius 3 is 2.47 bits per heavy atom. The Morgan fingerprint density at radius 2 is 1.93 bits per heavy atom. The van der Waals surface area contributed by atoms with Crippen LogP contribution in [0.5, 0.6) is 5.75 Å². The van der Waals surface area contributed by atoms with E-state index in [1.165, 1.54) is 14.8 Å². The topological polar surface area (TPSA) is 25.0 Å². The molecule has 1 aromatic heterocycles. The van der Waals surface area contributed by atoms with E-state index in [0.29, 0.717) is 6.61 Å². The van der Waals surface area contributed by atoms with Crippen molar-refractivity contribution >= 4 is 22.6 Å². The highest BCUT2D eigenvalue weighted by molar-refractivity contribution is 14.1. The molecule has 0 atom stereocenters. The summed E-state index contributed by atoms with van der Waals surface area (Å²) in [5.41, 5.74) is 2.35. The summed E-state index contributed by atoms with van der Waals surface area (Å²) in [5, 5.41) is 0. The monoisotopic (exact) mass is 313 g/mol. The molecule has 78 valence electrons. The van der Waals surface area contributed by atoms with Crippen molar-refractivity contribution in [1.29, 1.82) is 0 Å². The average Bonchev–Trinajstić information content (AvgIpc) is 2.66. The SMILES string of the molecule is CCOc1ccc(-c2[nH]ccc2I)cc1. The number of H-pyrrole nitrogens is 1. The lowest BCUT2D eigenvalue weighted by Crippen LogP contribution is -1.90. The van der Waals surface area contributed by atoms with E-state index in [1.807, 2.05) is 25.3 Å². The molecule has 1 N–H and O–H groups in total. The minimum absolute atomic E-state index is 0.708. The van der Waals surface area contributed by atoms with Crippen LogP contribution in [-0.4, -0.2) is 11.6 Å². The van der Waals surface area contributed by atoms with Gasteiger partial charge in [-0.15, -0.1) is 0 Å². The minimum atomic E-state index is 0.708. The highest BCUT2D eigenvalue weighted by atomic mass is 127. The first-order valence-corrected chi connectivity index (χ1v) is 5.95. The van der Waals surface area contributed by atoms with Crippen molar-refractivity contribution in [2.75, 3.05) is 6.61 Å². The first-order valence-electron chi connectivity index (χ1n) is 4.87. The summed E-state index contributed by atoms with van der Waals surface area (Å²) in [6, 6.07) is 10.2. The predicted octanol–water partition coefficient (Wildman–Crippen LogP) is 3.69. The van der Waals surface area contributed by atoms with E-state index in [9.17, 15) is 0 Å². The fourth-order valence-electron chi connectivity index (χ4n) is 1.46. The molecule has 0 bridgehead atoms. The molecule has 0 radical (unpaired) electrons. The van der Waals surface area contributed by atoms with E-state index >= 15 is 0 Å². The first-order chi connectivity index (χ1) is 7.31. The van der Waals surface area contributed by atoms with Gasteiger partial charge < -0.3 is 9.72 Å². The maximum atomic E-state index is 5.40. The number of nitrogens with one attached hydrogen (secondary N) is 1. The smallest absolute Gasteiger partial charge is 0.119 e. The van der Waals surface area contributed by atoms with Gasteiger partial charge in [-0.05, 0) is 65.4 Å². The zero-order valence-corrected chi connectivity index (χ0v) is 10.6. The number of hydrogen-bond acceptors (Lipinski definition) is 1. The van der Waals surface area contributed by atoms with Gasteiger partial charge in [0, 0.05) is 9.77 Å². The summed E-state index contributed by atoms with van der Waals surface area (Å²) in [7, 11) is 0. The summed E-state index contributed by atoms with van der Waals surface area (Å²) >= 11 is 2.32. The Bertz CT molecular complexity index is 433. The number of benzene rings is 1. The maximum absolute atomic E-state index is 5.40. The van der Waals surface area contributed by atoms with Crippen molar-refractivity contribution in [3.63, 3.8) is 0 Å². The van der Waals surface area contributed by atoms with Crippen molar-refractivity contribution in [3.8, 4) is 17.0 Å². The second-order valence-corrected chi connectivity index (χ2v) is 4.32. The zero-order chi connectivity index (χ0) is 10.7. The van der Waals surface area contributed by atoms with E-state index in [4.69, 9.17) is 4.74 Å². The first kappa shape index (κ1) is 10.5. The lowest BCUT2D eigenvalue weighted by atomic mass is 10.1. The van der Waals surface area contributed by atoms with Crippen LogP contribution in [0.4, 0.5) is 0 Å². The van der Waals surface area contributed by atoms with E-state index in [-0.39, 0.29) is 0 Å². The number of ether oxygens (including phenoxy) is 1. The zero-order valence-electron chi connectivity index (χ0n) is 8.46. The quantitative estimate of drug-likeness (QED) is 0.859. The molecule has 3 heteroatoms. The number of aromatic amines is 1. The fourth-order valence-corrected chi connectivity index (χ4v) is 2.10. The highest BCUT2D eigenvalue weighted by Gasteiger charge is 2.03. The molecule has 0 amide bonds. The Morgan fingerprint density at radius 1 is 1.20 bits per heavy atom. The molecule has 15 heavy (non-hydrogen) atoms. The van der Waals surface area contributed by atoms with Crippen LogP contribution in [-0.2, 0) is 0 Å². The minimum Gasteiger partial charge on any atom is -0.494 e. The van der Waals surface area contributed by atoms with E-state index < -0.39 is 0 Å². The third-order valence-electron chi connectivity index (χ3n) is 2.15. The lowest BCUT2D eigenvalue weighted by Gasteiger charge is -2.04. The Kier molecular flexibility index (Phi) is 3.30. The van der Waals surface area contributed by atoms with E-state index in [0.717, 1.165) is 5.75 Å². The summed E-state index contributed by atoms with van der Waals surface area (Å²) in [6.07, 6.45) is 1.95. The van der Waals surface area contributed by atoms with Crippen molar-refractivity contribution in [1.82, 2.24) is 4.98 Å². The van der Waals surface area contributed by atoms with E-state index in [1.54, 1.807) is 0 Å². The molecule has 0 saturated carbocycles. The van der Waals surface area contributed by atoms with Gasteiger partial charge in [-0.25, -0.2) is 0 Å². The molecule has 0 saturated heterocycles. The number of hydrogen-bond donors (Lipinski definition) is 1. The molecular weight excluding hydrogens is 301 g/mol. The normalized spacial score (nSPS) is 10.3. The number of rotatable bonds is 3. The van der Waals surface area contributed by atoms with Gasteiger partial charge in [-0.3, -0.25) is 0 Å². The summed E-state index contributed by atoms with van der Waals surface area (Å²) in [6.45, 7) is 2.70. The van der Waals surface area contributed by atoms with Crippen LogP contribution in [0.25, 0.3) is 11.3 Å². The molecule has 0 aliphatic rings. The average molecular weight is 313 g/mol. The lowest BCUT2D eigenvalue weighted by molar-refractivity contribution is 0.340. The number of aromatic nitrogens is 1. The van der Waals surface area contributed by atoms with E-state index in [2.05, 4.69) is 45.8 Å². The van der Waals surface area contributed by atoms with Crippen LogP contribution in [0.3, 0.4) is 0 Å². The van der Waals surface area contributed by atoms with Crippen LogP contribution in [0.1, 0.15) is 6.92 Å². The van der Waals surface area contributed by atoms with Gasteiger partial charge in [-0.2, -0.15) is 0 Å². The van der Waals surface area contributed by atoms with Gasteiger partial charge in [0.2, 0.25) is 0 Å². The molecule has 0 aliphatic carbocycles.